The molecule has 1 aromatic heterocycles. The van der Waals surface area contributed by atoms with Gasteiger partial charge in [0.05, 0.1) is 4.88 Å². The predicted octanol–water partition coefficient (Wildman–Crippen LogP) is 4.11. The Balaban J connectivity index is 1.82. The van der Waals surface area contributed by atoms with Gasteiger partial charge in [0.1, 0.15) is 0 Å². The van der Waals surface area contributed by atoms with Crippen LogP contribution in [-0.2, 0) is 0 Å². The zero-order valence-corrected chi connectivity index (χ0v) is 14.5. The largest absolute Gasteiger partial charge is 0.359 e. The lowest BCUT2D eigenvalue weighted by atomic mass is 10.1. The molecule has 0 radical (unpaired) electrons. The Morgan fingerprint density at radius 2 is 1.64 bits per heavy atom. The van der Waals surface area contributed by atoms with Gasteiger partial charge in [0, 0.05) is 11.3 Å². The van der Waals surface area contributed by atoms with E-state index in [1.54, 1.807) is 30.3 Å². The summed E-state index contributed by atoms with van der Waals surface area (Å²) >= 11 is 1.35. The van der Waals surface area contributed by atoms with Crippen LogP contribution in [0.2, 0.25) is 0 Å². The van der Waals surface area contributed by atoms with Gasteiger partial charge in [0.2, 0.25) is 5.78 Å². The number of carbonyl (C=O) groups excluding carboxylic acids is 2. The van der Waals surface area contributed by atoms with Crippen molar-refractivity contribution in [1.82, 2.24) is 5.32 Å². The first kappa shape index (κ1) is 16.9. The molecular weight excluding hydrogens is 332 g/mol. The lowest BCUT2D eigenvalue weighted by molar-refractivity contribution is 0.0871. The SMILES string of the molecule is Cc1ccc(N[C@@H](NC(=O)c2ccccc2)C(=O)c2cccs2)cc1. The van der Waals surface area contributed by atoms with Gasteiger partial charge < -0.3 is 10.6 Å². The molecule has 126 valence electrons. The van der Waals surface area contributed by atoms with Gasteiger partial charge in [-0.3, -0.25) is 9.59 Å². The van der Waals surface area contributed by atoms with E-state index < -0.39 is 6.17 Å². The molecule has 4 nitrogen and oxygen atoms in total. The minimum atomic E-state index is -0.839. The van der Waals surface area contributed by atoms with Crippen molar-refractivity contribution in [3.05, 3.63) is 88.1 Å². The molecular formula is C20H18N2O2S. The van der Waals surface area contributed by atoms with Gasteiger partial charge in [-0.1, -0.05) is 42.0 Å². The Morgan fingerprint density at radius 3 is 2.28 bits per heavy atom. The lowest BCUT2D eigenvalue weighted by Crippen LogP contribution is -2.46. The molecule has 2 aromatic carbocycles. The standard InChI is InChI=1S/C20H18N2O2S/c1-14-9-11-16(12-10-14)21-19(18(23)17-8-5-13-25-17)22-20(24)15-6-3-2-4-7-15/h2-13,19,21H,1H3,(H,22,24)/t19-/m0/s1. The first-order chi connectivity index (χ1) is 12.1. The number of hydrogen-bond acceptors (Lipinski definition) is 4. The number of aryl methyl sites for hydroxylation is 1. The molecule has 2 N–H and O–H groups in total. The van der Waals surface area contributed by atoms with E-state index in [1.807, 2.05) is 48.7 Å². The van der Waals surface area contributed by atoms with E-state index in [0.29, 0.717) is 10.4 Å². The number of Topliss-reactive ketones (excluding diaryl/α,β-unsaturated/α-hetero) is 1. The molecule has 0 saturated heterocycles. The van der Waals surface area contributed by atoms with Crippen LogP contribution in [0.1, 0.15) is 25.6 Å². The number of amides is 1. The van der Waals surface area contributed by atoms with Gasteiger partial charge in [-0.15, -0.1) is 11.3 Å². The van der Waals surface area contributed by atoms with E-state index in [0.717, 1.165) is 11.3 Å². The van der Waals surface area contributed by atoms with Crippen LogP contribution < -0.4 is 10.6 Å². The third-order valence-electron chi connectivity index (χ3n) is 3.70. The van der Waals surface area contributed by atoms with Crippen LogP contribution in [0.4, 0.5) is 5.69 Å². The number of hydrogen-bond donors (Lipinski definition) is 2. The highest BCUT2D eigenvalue weighted by atomic mass is 32.1. The van der Waals surface area contributed by atoms with E-state index in [-0.39, 0.29) is 11.7 Å². The molecule has 1 heterocycles. The number of ketones is 1. The van der Waals surface area contributed by atoms with Crippen LogP contribution in [0.3, 0.4) is 0 Å². The van der Waals surface area contributed by atoms with Crippen molar-refractivity contribution in [2.45, 2.75) is 13.1 Å². The third kappa shape index (κ3) is 4.33. The van der Waals surface area contributed by atoms with E-state index in [9.17, 15) is 9.59 Å². The summed E-state index contributed by atoms with van der Waals surface area (Å²) < 4.78 is 0. The van der Waals surface area contributed by atoms with Crippen LogP contribution in [0, 0.1) is 6.92 Å². The first-order valence-corrected chi connectivity index (χ1v) is 8.78. The summed E-state index contributed by atoms with van der Waals surface area (Å²) in [6, 6.07) is 20.1. The minimum absolute atomic E-state index is 0.167. The third-order valence-corrected chi connectivity index (χ3v) is 4.58. The molecule has 25 heavy (non-hydrogen) atoms. The molecule has 5 heteroatoms. The number of carbonyl (C=O) groups is 2. The molecule has 1 atom stereocenters. The van der Waals surface area contributed by atoms with Gasteiger partial charge in [-0.25, -0.2) is 0 Å². The number of anilines is 1. The number of benzene rings is 2. The van der Waals surface area contributed by atoms with Gasteiger partial charge in [0.15, 0.2) is 6.17 Å². The second kappa shape index (κ2) is 7.77. The van der Waals surface area contributed by atoms with Crippen LogP contribution in [0.15, 0.2) is 72.1 Å². The van der Waals surface area contributed by atoms with Crippen LogP contribution in [-0.4, -0.2) is 17.9 Å². The van der Waals surface area contributed by atoms with E-state index >= 15 is 0 Å². The maximum atomic E-state index is 12.8. The molecule has 0 aliphatic rings. The molecule has 0 aliphatic carbocycles. The highest BCUT2D eigenvalue weighted by Crippen LogP contribution is 2.15. The van der Waals surface area contributed by atoms with Gasteiger partial charge >= 0.3 is 0 Å². The fourth-order valence-corrected chi connectivity index (χ4v) is 3.04. The monoisotopic (exact) mass is 350 g/mol. The minimum Gasteiger partial charge on any atom is -0.359 e. The topological polar surface area (TPSA) is 58.2 Å². The first-order valence-electron chi connectivity index (χ1n) is 7.90. The summed E-state index contributed by atoms with van der Waals surface area (Å²) in [5.74, 6) is -0.463. The molecule has 1 amide bonds. The highest BCUT2D eigenvalue weighted by molar-refractivity contribution is 7.12. The van der Waals surface area contributed by atoms with Gasteiger partial charge in [0.25, 0.3) is 5.91 Å². The zero-order chi connectivity index (χ0) is 17.6. The second-order valence-corrected chi connectivity index (χ2v) is 6.57. The molecule has 0 saturated carbocycles. The van der Waals surface area contributed by atoms with Crippen LogP contribution in [0.5, 0.6) is 0 Å². The Labute approximate surface area is 150 Å². The van der Waals surface area contributed by atoms with E-state index in [2.05, 4.69) is 10.6 Å². The Morgan fingerprint density at radius 1 is 0.920 bits per heavy atom. The van der Waals surface area contributed by atoms with Gasteiger partial charge in [-0.2, -0.15) is 0 Å². The van der Waals surface area contributed by atoms with Gasteiger partial charge in [-0.05, 0) is 42.6 Å². The lowest BCUT2D eigenvalue weighted by Gasteiger charge is -2.20. The fraction of sp³-hybridized carbons (Fsp3) is 0.100. The molecule has 0 bridgehead atoms. The smallest absolute Gasteiger partial charge is 0.253 e. The molecule has 3 aromatic rings. The van der Waals surface area contributed by atoms with Crippen LogP contribution in [0.25, 0.3) is 0 Å². The summed E-state index contributed by atoms with van der Waals surface area (Å²) in [4.78, 5) is 25.8. The second-order valence-electron chi connectivity index (χ2n) is 5.62. The van der Waals surface area contributed by atoms with E-state index in [4.69, 9.17) is 0 Å². The van der Waals surface area contributed by atoms with Crippen molar-refractivity contribution >= 4 is 28.7 Å². The number of rotatable bonds is 6. The maximum absolute atomic E-state index is 12.8. The summed E-state index contributed by atoms with van der Waals surface area (Å²) in [5, 5.41) is 7.75. The Bertz CT molecular complexity index is 843. The predicted molar refractivity (Wildman–Crippen MR) is 101 cm³/mol. The van der Waals surface area contributed by atoms with E-state index in [1.165, 1.54) is 11.3 Å². The molecule has 0 spiro atoms. The summed E-state index contributed by atoms with van der Waals surface area (Å²) in [6.45, 7) is 2.00. The normalized spacial score (nSPS) is 11.6. The fourth-order valence-electron chi connectivity index (χ4n) is 2.35. The van der Waals surface area contributed by atoms with Crippen molar-refractivity contribution in [2.75, 3.05) is 5.32 Å². The summed E-state index contributed by atoms with van der Waals surface area (Å²) in [6.07, 6.45) is -0.839. The van der Waals surface area contributed by atoms with Crippen molar-refractivity contribution in [2.24, 2.45) is 0 Å². The molecule has 3 rings (SSSR count). The number of nitrogens with one attached hydrogen (secondary N) is 2. The van der Waals surface area contributed by atoms with Crippen molar-refractivity contribution in [3.63, 3.8) is 0 Å². The van der Waals surface area contributed by atoms with Crippen molar-refractivity contribution in [1.29, 1.82) is 0 Å². The average Bonchev–Trinajstić information content (AvgIpc) is 3.17. The molecule has 0 unspecified atom stereocenters. The Kier molecular flexibility index (Phi) is 5.26. The van der Waals surface area contributed by atoms with Crippen LogP contribution >= 0.6 is 11.3 Å². The highest BCUT2D eigenvalue weighted by Gasteiger charge is 2.23. The number of thiophene rings is 1. The molecule has 0 aliphatic heterocycles. The van der Waals surface area contributed by atoms with Crippen molar-refractivity contribution < 1.29 is 9.59 Å². The Hall–Kier alpha value is -2.92. The summed E-state index contributed by atoms with van der Waals surface area (Å²) in [7, 11) is 0. The maximum Gasteiger partial charge on any atom is 0.253 e. The zero-order valence-electron chi connectivity index (χ0n) is 13.7. The average molecular weight is 350 g/mol. The molecule has 0 fully saturated rings. The van der Waals surface area contributed by atoms with Crippen molar-refractivity contribution in [3.8, 4) is 0 Å². The summed E-state index contributed by atoms with van der Waals surface area (Å²) in [5.41, 5.74) is 2.41. The quantitative estimate of drug-likeness (QED) is 0.520.